The van der Waals surface area contributed by atoms with Gasteiger partial charge in [-0.05, 0) is 31.2 Å². The van der Waals surface area contributed by atoms with E-state index in [1.165, 1.54) is 12.1 Å². The second-order valence-electron chi connectivity index (χ2n) is 5.68. The molecular weight excluding hydrogens is 390 g/mol. The van der Waals surface area contributed by atoms with Crippen molar-refractivity contribution < 1.29 is 24.4 Å². The molecule has 3 amide bonds. The fourth-order valence-corrected chi connectivity index (χ4v) is 2.82. The van der Waals surface area contributed by atoms with Crippen molar-refractivity contribution in [1.82, 2.24) is 5.32 Å². The van der Waals surface area contributed by atoms with Gasteiger partial charge in [0.2, 0.25) is 0 Å². The fraction of sp³-hybridized carbons (Fsp3) is 0.111. The molecule has 1 fully saturated rings. The lowest BCUT2D eigenvalue weighted by molar-refractivity contribution is -0.385. The zero-order valence-corrected chi connectivity index (χ0v) is 15.3. The van der Waals surface area contributed by atoms with E-state index in [4.69, 9.17) is 16.3 Å². The summed E-state index contributed by atoms with van der Waals surface area (Å²) in [5.74, 6) is -1.19. The van der Waals surface area contributed by atoms with Crippen molar-refractivity contribution in [2.75, 3.05) is 11.5 Å². The minimum Gasteiger partial charge on any atom is -0.504 e. The molecule has 144 valence electrons. The number of nitro groups is 1. The highest BCUT2D eigenvalue weighted by Gasteiger charge is 2.35. The van der Waals surface area contributed by atoms with Crippen molar-refractivity contribution in [2.24, 2.45) is 0 Å². The van der Waals surface area contributed by atoms with Gasteiger partial charge >= 0.3 is 6.03 Å². The second-order valence-corrected chi connectivity index (χ2v) is 6.12. The maximum absolute atomic E-state index is 12.7. The standard InChI is InChI=1S/C18H14ClN3O6/c1-2-28-15-9-13(22(26)27)6-10(16(15)23)7-14-17(24)21(18(25)20-14)12-5-3-4-11(19)8-12/h3-9,23H,2H2,1H3,(H,20,25)/b14-7-. The molecule has 3 rings (SSSR count). The van der Waals surface area contributed by atoms with Gasteiger partial charge in [-0.2, -0.15) is 0 Å². The van der Waals surface area contributed by atoms with Gasteiger partial charge in [-0.15, -0.1) is 0 Å². The molecule has 28 heavy (non-hydrogen) atoms. The number of carbonyl (C=O) groups is 2. The van der Waals surface area contributed by atoms with Crippen LogP contribution in [0, 0.1) is 10.1 Å². The quantitative estimate of drug-likeness (QED) is 0.341. The predicted molar refractivity (Wildman–Crippen MR) is 101 cm³/mol. The number of ether oxygens (including phenoxy) is 1. The number of carbonyl (C=O) groups excluding carboxylic acids is 2. The smallest absolute Gasteiger partial charge is 0.333 e. The Kier molecular flexibility index (Phi) is 5.18. The number of nitrogens with one attached hydrogen (secondary N) is 1. The van der Waals surface area contributed by atoms with Crippen LogP contribution < -0.4 is 15.0 Å². The number of halogens is 1. The van der Waals surface area contributed by atoms with Crippen LogP contribution in [0.4, 0.5) is 16.2 Å². The first-order chi connectivity index (χ1) is 13.3. The van der Waals surface area contributed by atoms with Gasteiger partial charge in [0.05, 0.1) is 23.3 Å². The Bertz CT molecular complexity index is 1020. The summed E-state index contributed by atoms with van der Waals surface area (Å²) in [5, 5.41) is 24.2. The molecule has 1 heterocycles. The van der Waals surface area contributed by atoms with Crippen LogP contribution in [0.2, 0.25) is 5.02 Å². The molecule has 1 aliphatic heterocycles. The summed E-state index contributed by atoms with van der Waals surface area (Å²) in [5.41, 5.74) is -0.286. The number of amides is 3. The number of urea groups is 1. The average molecular weight is 404 g/mol. The van der Waals surface area contributed by atoms with Gasteiger partial charge in [0.25, 0.3) is 11.6 Å². The van der Waals surface area contributed by atoms with Crippen molar-refractivity contribution in [3.63, 3.8) is 0 Å². The Balaban J connectivity index is 2.03. The highest BCUT2D eigenvalue weighted by Crippen LogP contribution is 2.36. The molecule has 0 bridgehead atoms. The molecule has 9 nitrogen and oxygen atoms in total. The third-order valence-electron chi connectivity index (χ3n) is 3.84. The second kappa shape index (κ2) is 7.57. The van der Waals surface area contributed by atoms with Crippen molar-refractivity contribution in [1.29, 1.82) is 0 Å². The zero-order chi connectivity index (χ0) is 20.4. The van der Waals surface area contributed by atoms with Crippen LogP contribution in [0.15, 0.2) is 42.1 Å². The minimum absolute atomic E-state index is 0.0470. The lowest BCUT2D eigenvalue weighted by Crippen LogP contribution is -2.30. The molecule has 0 unspecified atom stereocenters. The Labute approximate surface area is 163 Å². The van der Waals surface area contributed by atoms with E-state index in [1.807, 2.05) is 0 Å². The van der Waals surface area contributed by atoms with E-state index >= 15 is 0 Å². The maximum Gasteiger partial charge on any atom is 0.333 e. The molecule has 0 aromatic heterocycles. The first-order valence-corrected chi connectivity index (χ1v) is 8.46. The third-order valence-corrected chi connectivity index (χ3v) is 4.08. The lowest BCUT2D eigenvalue weighted by Gasteiger charge is -2.11. The number of benzene rings is 2. The van der Waals surface area contributed by atoms with E-state index in [0.717, 1.165) is 23.1 Å². The first-order valence-electron chi connectivity index (χ1n) is 8.08. The van der Waals surface area contributed by atoms with Crippen LogP contribution in [0.3, 0.4) is 0 Å². The topological polar surface area (TPSA) is 122 Å². The Morgan fingerprint density at radius 3 is 2.71 bits per heavy atom. The summed E-state index contributed by atoms with van der Waals surface area (Å²) in [6.45, 7) is 1.82. The van der Waals surface area contributed by atoms with Gasteiger partial charge in [-0.3, -0.25) is 14.9 Å². The summed E-state index contributed by atoms with van der Waals surface area (Å²) in [7, 11) is 0. The Morgan fingerprint density at radius 2 is 2.07 bits per heavy atom. The van der Waals surface area contributed by atoms with E-state index in [1.54, 1.807) is 19.1 Å². The monoisotopic (exact) mass is 403 g/mol. The van der Waals surface area contributed by atoms with Crippen LogP contribution in [0.5, 0.6) is 11.5 Å². The molecule has 0 radical (unpaired) electrons. The molecule has 0 saturated carbocycles. The summed E-state index contributed by atoms with van der Waals surface area (Å²) < 4.78 is 5.20. The summed E-state index contributed by atoms with van der Waals surface area (Å²) in [6.07, 6.45) is 1.15. The first kappa shape index (κ1) is 19.2. The molecule has 10 heteroatoms. The highest BCUT2D eigenvalue weighted by atomic mass is 35.5. The number of imide groups is 1. The molecule has 0 aliphatic carbocycles. The number of non-ortho nitro benzene ring substituents is 1. The minimum atomic E-state index is -0.714. The van der Waals surface area contributed by atoms with E-state index in [9.17, 15) is 24.8 Å². The van der Waals surface area contributed by atoms with Crippen LogP contribution >= 0.6 is 11.6 Å². The van der Waals surface area contributed by atoms with Crippen molar-refractivity contribution in [2.45, 2.75) is 6.92 Å². The van der Waals surface area contributed by atoms with Gasteiger partial charge < -0.3 is 15.2 Å². The average Bonchev–Trinajstić information content (AvgIpc) is 2.91. The van der Waals surface area contributed by atoms with E-state index in [-0.39, 0.29) is 40.7 Å². The summed E-state index contributed by atoms with van der Waals surface area (Å²) >= 11 is 5.90. The maximum atomic E-state index is 12.7. The molecule has 0 atom stereocenters. The largest absolute Gasteiger partial charge is 0.504 e. The zero-order valence-electron chi connectivity index (χ0n) is 14.5. The number of nitro benzene ring substituents is 1. The number of aromatic hydroxyl groups is 1. The summed E-state index contributed by atoms with van der Waals surface area (Å²) in [4.78, 5) is 36.2. The van der Waals surface area contributed by atoms with Gasteiger partial charge in [0, 0.05) is 16.7 Å². The fourth-order valence-electron chi connectivity index (χ4n) is 2.64. The molecule has 2 aromatic rings. The van der Waals surface area contributed by atoms with Crippen molar-refractivity contribution >= 4 is 41.0 Å². The van der Waals surface area contributed by atoms with Gasteiger partial charge in [0.15, 0.2) is 11.5 Å². The molecule has 2 N–H and O–H groups in total. The van der Waals surface area contributed by atoms with Gasteiger partial charge in [-0.25, -0.2) is 9.69 Å². The van der Waals surface area contributed by atoms with Crippen molar-refractivity contribution in [3.05, 3.63) is 62.8 Å². The number of rotatable bonds is 5. The van der Waals surface area contributed by atoms with Gasteiger partial charge in [-0.1, -0.05) is 17.7 Å². The highest BCUT2D eigenvalue weighted by molar-refractivity contribution is 6.32. The number of hydrogen-bond acceptors (Lipinski definition) is 6. The molecular formula is C18H14ClN3O6. The van der Waals surface area contributed by atoms with Crippen LogP contribution in [0.1, 0.15) is 12.5 Å². The number of phenolic OH excluding ortho intramolecular Hbond substituents is 1. The number of hydrogen-bond donors (Lipinski definition) is 2. The van der Waals surface area contributed by atoms with Crippen molar-refractivity contribution in [3.8, 4) is 11.5 Å². The molecule has 2 aromatic carbocycles. The Morgan fingerprint density at radius 1 is 1.32 bits per heavy atom. The predicted octanol–water partition coefficient (Wildman–Crippen LogP) is 3.45. The van der Waals surface area contributed by atoms with Crippen LogP contribution in [-0.4, -0.2) is 28.6 Å². The number of anilines is 1. The van der Waals surface area contributed by atoms with Gasteiger partial charge in [0.1, 0.15) is 5.70 Å². The molecule has 1 saturated heterocycles. The Hall–Kier alpha value is -3.59. The van der Waals surface area contributed by atoms with Crippen LogP contribution in [-0.2, 0) is 4.79 Å². The van der Waals surface area contributed by atoms with Crippen LogP contribution in [0.25, 0.3) is 6.08 Å². The molecule has 0 spiro atoms. The number of phenols is 1. The van der Waals surface area contributed by atoms with E-state index in [2.05, 4.69) is 5.32 Å². The van der Waals surface area contributed by atoms with E-state index in [0.29, 0.717) is 5.02 Å². The summed E-state index contributed by atoms with van der Waals surface area (Å²) in [6, 6.07) is 7.59. The normalized spacial score (nSPS) is 15.1. The SMILES string of the molecule is CCOc1cc([N+](=O)[O-])cc(/C=C2\NC(=O)N(c3cccc(Cl)c3)C2=O)c1O. The number of nitrogens with zero attached hydrogens (tertiary/aromatic N) is 2. The third kappa shape index (κ3) is 3.60. The lowest BCUT2D eigenvalue weighted by atomic mass is 10.1. The van der Waals surface area contributed by atoms with E-state index < -0.39 is 16.9 Å². The molecule has 1 aliphatic rings.